The maximum Gasteiger partial charge on any atom is 0.343 e. The Hall–Kier alpha value is -2.57. The van der Waals surface area contributed by atoms with Gasteiger partial charge in [0.2, 0.25) is 5.43 Å². The van der Waals surface area contributed by atoms with Gasteiger partial charge in [-0.15, -0.1) is 0 Å². The summed E-state index contributed by atoms with van der Waals surface area (Å²) in [6.45, 7) is 4.55. The lowest BCUT2D eigenvalue weighted by Gasteiger charge is -2.13. The van der Waals surface area contributed by atoms with Crippen molar-refractivity contribution in [2.75, 3.05) is 6.61 Å². The van der Waals surface area contributed by atoms with Crippen LogP contribution in [0.1, 0.15) is 41.5 Å². The molecule has 0 saturated carbocycles. The third-order valence-corrected chi connectivity index (χ3v) is 3.44. The molecule has 122 valence electrons. The third kappa shape index (κ3) is 2.74. The molecule has 5 nitrogen and oxygen atoms in total. The minimum atomic E-state index is -1.14. The standard InChI is InChI=1S/C16H15F2NO4/c1-4-19-7-10(16(22)23-5-2)15(21)9-6-11(17)12(8(3)20)13(18)14(9)19/h6-7H,4-5H2,1-3H3. The van der Waals surface area contributed by atoms with E-state index in [0.717, 1.165) is 19.2 Å². The van der Waals surface area contributed by atoms with Gasteiger partial charge in [-0.25, -0.2) is 13.6 Å². The zero-order chi connectivity index (χ0) is 17.3. The van der Waals surface area contributed by atoms with Gasteiger partial charge in [-0.1, -0.05) is 0 Å². The number of carbonyl (C=O) groups excluding carboxylic acids is 2. The number of nitrogens with zero attached hydrogens (tertiary/aromatic N) is 1. The summed E-state index contributed by atoms with van der Waals surface area (Å²) in [4.78, 5) is 35.6. The highest BCUT2D eigenvalue weighted by Gasteiger charge is 2.23. The molecule has 0 N–H and O–H groups in total. The predicted octanol–water partition coefficient (Wildman–Crippen LogP) is 2.68. The summed E-state index contributed by atoms with van der Waals surface area (Å²) < 4.78 is 34.6. The van der Waals surface area contributed by atoms with Gasteiger partial charge in [0.1, 0.15) is 11.4 Å². The summed E-state index contributed by atoms with van der Waals surface area (Å²) in [6.07, 6.45) is 1.16. The quantitative estimate of drug-likeness (QED) is 0.641. The minimum absolute atomic E-state index is 0.0639. The van der Waals surface area contributed by atoms with Crippen molar-refractivity contribution in [2.45, 2.75) is 27.3 Å². The second-order valence-corrected chi connectivity index (χ2v) is 4.88. The summed E-state index contributed by atoms with van der Waals surface area (Å²) in [7, 11) is 0. The van der Waals surface area contributed by atoms with Gasteiger partial charge < -0.3 is 9.30 Å². The highest BCUT2D eigenvalue weighted by atomic mass is 19.1. The number of halogens is 2. The molecule has 23 heavy (non-hydrogen) atoms. The smallest absolute Gasteiger partial charge is 0.343 e. The molecular weight excluding hydrogens is 308 g/mol. The van der Waals surface area contributed by atoms with Gasteiger partial charge in [-0.2, -0.15) is 0 Å². The van der Waals surface area contributed by atoms with E-state index in [1.807, 2.05) is 0 Å². The molecule has 1 aromatic carbocycles. The van der Waals surface area contributed by atoms with Gasteiger partial charge in [0, 0.05) is 12.7 Å². The molecule has 0 amide bonds. The topological polar surface area (TPSA) is 65.4 Å². The number of ether oxygens (including phenoxy) is 1. The zero-order valence-corrected chi connectivity index (χ0v) is 12.9. The van der Waals surface area contributed by atoms with E-state index < -0.39 is 34.4 Å². The van der Waals surface area contributed by atoms with E-state index in [0.29, 0.717) is 0 Å². The van der Waals surface area contributed by atoms with E-state index in [1.54, 1.807) is 13.8 Å². The Morgan fingerprint density at radius 1 is 1.26 bits per heavy atom. The van der Waals surface area contributed by atoms with Crippen LogP contribution in [0.2, 0.25) is 0 Å². The van der Waals surface area contributed by atoms with Crippen LogP contribution in [0, 0.1) is 11.6 Å². The number of fused-ring (bicyclic) bond motifs is 1. The largest absolute Gasteiger partial charge is 0.462 e. The maximum absolute atomic E-state index is 14.6. The average Bonchev–Trinajstić information content (AvgIpc) is 2.48. The van der Waals surface area contributed by atoms with Crippen molar-refractivity contribution < 1.29 is 23.1 Å². The van der Waals surface area contributed by atoms with Crippen LogP contribution in [0.3, 0.4) is 0 Å². The van der Waals surface area contributed by atoms with Gasteiger partial charge in [0.05, 0.1) is 23.1 Å². The molecule has 2 aromatic rings. The molecule has 1 heterocycles. The van der Waals surface area contributed by atoms with Crippen LogP contribution in [0.25, 0.3) is 10.9 Å². The number of ketones is 1. The van der Waals surface area contributed by atoms with Crippen LogP contribution in [0.15, 0.2) is 17.1 Å². The van der Waals surface area contributed by atoms with E-state index in [4.69, 9.17) is 4.74 Å². The SMILES string of the molecule is CCOC(=O)c1cn(CC)c2c(F)c(C(C)=O)c(F)cc2c1=O. The minimum Gasteiger partial charge on any atom is -0.462 e. The Bertz CT molecular complexity index is 871. The molecule has 0 aliphatic heterocycles. The molecule has 7 heteroatoms. The molecule has 0 aliphatic carbocycles. The molecule has 2 rings (SSSR count). The first-order valence-corrected chi connectivity index (χ1v) is 7.06. The normalized spacial score (nSPS) is 10.8. The molecule has 0 unspecified atom stereocenters. The van der Waals surface area contributed by atoms with Gasteiger partial charge in [0.25, 0.3) is 0 Å². The van der Waals surface area contributed by atoms with Crippen molar-refractivity contribution in [1.29, 1.82) is 0 Å². The molecule has 1 aromatic heterocycles. The van der Waals surface area contributed by atoms with Crippen LogP contribution < -0.4 is 5.43 Å². The second-order valence-electron chi connectivity index (χ2n) is 4.88. The number of pyridine rings is 1. The number of aromatic nitrogens is 1. The monoisotopic (exact) mass is 323 g/mol. The molecule has 0 saturated heterocycles. The number of aryl methyl sites for hydroxylation is 1. The van der Waals surface area contributed by atoms with E-state index in [-0.39, 0.29) is 29.6 Å². The summed E-state index contributed by atoms with van der Waals surface area (Å²) in [5.41, 5.74) is -2.06. The van der Waals surface area contributed by atoms with Crippen LogP contribution >= 0.6 is 0 Å². The van der Waals surface area contributed by atoms with E-state index in [1.165, 1.54) is 4.57 Å². The van der Waals surface area contributed by atoms with Gasteiger partial charge >= 0.3 is 5.97 Å². The van der Waals surface area contributed by atoms with Crippen LogP contribution in [-0.2, 0) is 11.3 Å². The van der Waals surface area contributed by atoms with Crippen molar-refractivity contribution >= 4 is 22.7 Å². The highest BCUT2D eigenvalue weighted by molar-refractivity contribution is 6.00. The lowest BCUT2D eigenvalue weighted by atomic mass is 10.0. The number of carbonyl (C=O) groups is 2. The lowest BCUT2D eigenvalue weighted by molar-refractivity contribution is 0.0524. The van der Waals surface area contributed by atoms with Crippen molar-refractivity contribution in [1.82, 2.24) is 4.57 Å². The molecule has 0 spiro atoms. The van der Waals surface area contributed by atoms with Gasteiger partial charge in [0.15, 0.2) is 11.6 Å². The second kappa shape index (κ2) is 6.28. The molecule has 0 bridgehead atoms. The van der Waals surface area contributed by atoms with Crippen LogP contribution in [0.5, 0.6) is 0 Å². The predicted molar refractivity (Wildman–Crippen MR) is 79.8 cm³/mol. The van der Waals surface area contributed by atoms with Crippen molar-refractivity contribution in [3.8, 4) is 0 Å². The summed E-state index contributed by atoms with van der Waals surface area (Å²) in [5.74, 6) is -3.89. The average molecular weight is 323 g/mol. The molecular formula is C16H15F2NO4. The molecule has 0 radical (unpaired) electrons. The van der Waals surface area contributed by atoms with Crippen molar-refractivity contribution in [3.63, 3.8) is 0 Å². The van der Waals surface area contributed by atoms with E-state index in [2.05, 4.69) is 0 Å². The number of esters is 1. The number of hydrogen-bond donors (Lipinski definition) is 0. The lowest BCUT2D eigenvalue weighted by Crippen LogP contribution is -2.22. The molecule has 0 atom stereocenters. The van der Waals surface area contributed by atoms with E-state index in [9.17, 15) is 23.2 Å². The number of rotatable bonds is 4. The maximum atomic E-state index is 14.6. The first-order valence-electron chi connectivity index (χ1n) is 7.06. The fourth-order valence-corrected chi connectivity index (χ4v) is 2.41. The Labute approximate surface area is 130 Å². The fourth-order valence-electron chi connectivity index (χ4n) is 2.41. The first kappa shape index (κ1) is 16.8. The van der Waals surface area contributed by atoms with Crippen molar-refractivity contribution in [2.24, 2.45) is 0 Å². The van der Waals surface area contributed by atoms with Crippen LogP contribution in [-0.4, -0.2) is 22.9 Å². The van der Waals surface area contributed by atoms with E-state index >= 15 is 0 Å². The Kier molecular flexibility index (Phi) is 4.58. The summed E-state index contributed by atoms with van der Waals surface area (Å²) >= 11 is 0. The third-order valence-electron chi connectivity index (χ3n) is 3.44. The summed E-state index contributed by atoms with van der Waals surface area (Å²) in [6, 6.07) is 0.784. The summed E-state index contributed by atoms with van der Waals surface area (Å²) in [5, 5.41) is -0.308. The number of Topliss-reactive ketones (excluding diaryl/α,β-unsaturated/α-hetero) is 1. The fraction of sp³-hybridized carbons (Fsp3) is 0.312. The van der Waals surface area contributed by atoms with Gasteiger partial charge in [-0.3, -0.25) is 9.59 Å². The van der Waals surface area contributed by atoms with Crippen LogP contribution in [0.4, 0.5) is 8.78 Å². The Balaban J connectivity index is 2.95. The highest BCUT2D eigenvalue weighted by Crippen LogP contribution is 2.23. The number of benzene rings is 1. The Morgan fingerprint density at radius 2 is 1.91 bits per heavy atom. The Morgan fingerprint density at radius 3 is 2.43 bits per heavy atom. The molecule has 0 aliphatic rings. The zero-order valence-electron chi connectivity index (χ0n) is 12.9. The van der Waals surface area contributed by atoms with Gasteiger partial charge in [-0.05, 0) is 26.8 Å². The number of hydrogen-bond acceptors (Lipinski definition) is 4. The molecule has 0 fully saturated rings. The van der Waals surface area contributed by atoms with Crippen molar-refractivity contribution in [3.05, 3.63) is 45.2 Å². The first-order chi connectivity index (χ1) is 10.8.